The topological polar surface area (TPSA) is 77.2 Å². The second-order valence-corrected chi connectivity index (χ2v) is 6.67. The summed E-state index contributed by atoms with van der Waals surface area (Å²) in [4.78, 5) is 16.8. The number of benzene rings is 1. The number of nitrogens with one attached hydrogen (secondary N) is 1. The molecule has 0 saturated heterocycles. The predicted molar refractivity (Wildman–Crippen MR) is 98.0 cm³/mol. The Morgan fingerprint density at radius 2 is 2.12 bits per heavy atom. The van der Waals surface area contributed by atoms with Gasteiger partial charge in [-0.05, 0) is 43.0 Å². The van der Waals surface area contributed by atoms with E-state index in [1.165, 1.54) is 11.3 Å². The SMILES string of the molecule is COc1ccc(C(NC(=O)c2csc(CCN)n2)C2CC2)cc1.Cl. The Morgan fingerprint density at radius 1 is 1.42 bits per heavy atom. The maximum absolute atomic E-state index is 12.5. The number of nitrogens with two attached hydrogens (primary N) is 1. The number of carbonyl (C=O) groups excluding carboxylic acids is 1. The van der Waals surface area contributed by atoms with E-state index in [9.17, 15) is 4.79 Å². The van der Waals surface area contributed by atoms with Crippen LogP contribution < -0.4 is 15.8 Å². The highest BCUT2D eigenvalue weighted by atomic mass is 35.5. The lowest BCUT2D eigenvalue weighted by Crippen LogP contribution is -2.30. The number of amides is 1. The molecular weight excluding hydrogens is 346 g/mol. The number of ether oxygens (including phenoxy) is 1. The van der Waals surface area contributed by atoms with Crippen molar-refractivity contribution < 1.29 is 9.53 Å². The highest BCUT2D eigenvalue weighted by molar-refractivity contribution is 7.09. The predicted octanol–water partition coefficient (Wildman–Crippen LogP) is 2.96. The fourth-order valence-corrected chi connectivity index (χ4v) is 3.38. The van der Waals surface area contributed by atoms with Gasteiger partial charge in [-0.1, -0.05) is 12.1 Å². The van der Waals surface area contributed by atoms with Gasteiger partial charge in [-0.15, -0.1) is 23.7 Å². The van der Waals surface area contributed by atoms with Crippen molar-refractivity contribution in [2.45, 2.75) is 25.3 Å². The second-order valence-electron chi connectivity index (χ2n) is 5.73. The van der Waals surface area contributed by atoms with Gasteiger partial charge in [0.05, 0.1) is 18.2 Å². The molecule has 1 aromatic heterocycles. The molecule has 0 spiro atoms. The van der Waals surface area contributed by atoms with Crippen molar-refractivity contribution >= 4 is 29.7 Å². The molecule has 1 amide bonds. The number of rotatable bonds is 7. The molecule has 1 atom stereocenters. The number of halogens is 1. The Kier molecular flexibility index (Phi) is 6.60. The van der Waals surface area contributed by atoms with Crippen molar-refractivity contribution in [2.75, 3.05) is 13.7 Å². The van der Waals surface area contributed by atoms with Gasteiger partial charge >= 0.3 is 0 Å². The largest absolute Gasteiger partial charge is 0.497 e. The minimum absolute atomic E-state index is 0. The molecule has 1 fully saturated rings. The Morgan fingerprint density at radius 3 is 2.71 bits per heavy atom. The van der Waals surface area contributed by atoms with Crippen LogP contribution in [-0.4, -0.2) is 24.5 Å². The van der Waals surface area contributed by atoms with E-state index in [-0.39, 0.29) is 24.4 Å². The van der Waals surface area contributed by atoms with Crippen LogP contribution in [0.3, 0.4) is 0 Å². The molecule has 2 aromatic rings. The van der Waals surface area contributed by atoms with E-state index >= 15 is 0 Å². The highest BCUT2D eigenvalue weighted by Gasteiger charge is 2.33. The number of methoxy groups -OCH3 is 1. The number of carbonyl (C=O) groups is 1. The van der Waals surface area contributed by atoms with Crippen LogP contribution >= 0.6 is 23.7 Å². The van der Waals surface area contributed by atoms with Gasteiger partial charge in [0.2, 0.25) is 0 Å². The normalized spacial score (nSPS) is 14.6. The molecule has 0 aliphatic heterocycles. The molecule has 1 aromatic carbocycles. The van der Waals surface area contributed by atoms with E-state index < -0.39 is 0 Å². The number of hydrogen-bond donors (Lipinski definition) is 2. The zero-order chi connectivity index (χ0) is 16.2. The second kappa shape index (κ2) is 8.46. The molecule has 1 saturated carbocycles. The lowest BCUT2D eigenvalue weighted by molar-refractivity contribution is 0.0927. The smallest absolute Gasteiger partial charge is 0.271 e. The summed E-state index contributed by atoms with van der Waals surface area (Å²) in [6.07, 6.45) is 3.00. The quantitative estimate of drug-likeness (QED) is 0.788. The van der Waals surface area contributed by atoms with E-state index in [0.717, 1.165) is 29.2 Å². The number of hydrogen-bond acceptors (Lipinski definition) is 5. The minimum Gasteiger partial charge on any atom is -0.497 e. The standard InChI is InChI=1S/C17H21N3O2S.ClH/c1-22-13-6-4-12(5-7-13)16(11-2-3-11)20-17(21)14-10-23-15(19-14)8-9-18;/h4-7,10-11,16H,2-3,8-9,18H2,1H3,(H,20,21);1H. The Balaban J connectivity index is 0.00000208. The Bertz CT molecular complexity index is 671. The van der Waals surface area contributed by atoms with Crippen molar-refractivity contribution in [2.24, 2.45) is 11.7 Å². The molecule has 1 heterocycles. The molecule has 1 unspecified atom stereocenters. The first kappa shape index (κ1) is 18.7. The van der Waals surface area contributed by atoms with Gasteiger partial charge in [0.1, 0.15) is 11.4 Å². The third kappa shape index (κ3) is 4.47. The molecule has 0 radical (unpaired) electrons. The first-order chi connectivity index (χ1) is 11.2. The maximum atomic E-state index is 12.5. The van der Waals surface area contributed by atoms with Crippen LogP contribution in [0, 0.1) is 5.92 Å². The zero-order valence-corrected chi connectivity index (χ0v) is 15.2. The van der Waals surface area contributed by atoms with E-state index in [1.54, 1.807) is 12.5 Å². The third-order valence-electron chi connectivity index (χ3n) is 4.00. The van der Waals surface area contributed by atoms with Crippen molar-refractivity contribution in [1.82, 2.24) is 10.3 Å². The van der Waals surface area contributed by atoms with Crippen LogP contribution in [0.25, 0.3) is 0 Å². The monoisotopic (exact) mass is 367 g/mol. The molecule has 130 valence electrons. The first-order valence-corrected chi connectivity index (χ1v) is 8.68. The maximum Gasteiger partial charge on any atom is 0.271 e. The molecule has 1 aliphatic carbocycles. The van der Waals surface area contributed by atoms with E-state index in [0.29, 0.717) is 24.6 Å². The van der Waals surface area contributed by atoms with Crippen LogP contribution in [0.15, 0.2) is 29.6 Å². The van der Waals surface area contributed by atoms with Crippen molar-refractivity contribution in [3.8, 4) is 5.75 Å². The van der Waals surface area contributed by atoms with Crippen LogP contribution in [-0.2, 0) is 6.42 Å². The van der Waals surface area contributed by atoms with Crippen LogP contribution in [0.2, 0.25) is 0 Å². The number of aromatic nitrogens is 1. The molecule has 1 aliphatic rings. The number of nitrogens with zero attached hydrogens (tertiary/aromatic N) is 1. The van der Waals surface area contributed by atoms with Crippen LogP contribution in [0.5, 0.6) is 5.75 Å². The number of thiazole rings is 1. The molecule has 7 heteroatoms. The van der Waals surface area contributed by atoms with Gasteiger partial charge in [-0.3, -0.25) is 4.79 Å². The van der Waals surface area contributed by atoms with Crippen LogP contribution in [0.4, 0.5) is 0 Å². The lowest BCUT2D eigenvalue weighted by atomic mass is 10.0. The summed E-state index contributed by atoms with van der Waals surface area (Å²) in [5.74, 6) is 1.22. The summed E-state index contributed by atoms with van der Waals surface area (Å²) < 4.78 is 5.19. The minimum atomic E-state index is -0.114. The summed E-state index contributed by atoms with van der Waals surface area (Å²) in [7, 11) is 1.65. The zero-order valence-electron chi connectivity index (χ0n) is 13.5. The molecule has 0 bridgehead atoms. The van der Waals surface area contributed by atoms with E-state index in [1.807, 2.05) is 24.3 Å². The van der Waals surface area contributed by atoms with Gasteiger partial charge in [-0.25, -0.2) is 4.98 Å². The van der Waals surface area contributed by atoms with Crippen molar-refractivity contribution in [1.29, 1.82) is 0 Å². The van der Waals surface area contributed by atoms with E-state index in [2.05, 4.69) is 10.3 Å². The van der Waals surface area contributed by atoms with Gasteiger partial charge < -0.3 is 15.8 Å². The molecule has 24 heavy (non-hydrogen) atoms. The average Bonchev–Trinajstić information content (AvgIpc) is 3.31. The summed E-state index contributed by atoms with van der Waals surface area (Å²) in [5.41, 5.74) is 7.12. The third-order valence-corrected chi connectivity index (χ3v) is 4.91. The molecule has 3 rings (SSSR count). The molecule has 5 nitrogen and oxygen atoms in total. The van der Waals surface area contributed by atoms with Crippen molar-refractivity contribution in [3.05, 3.63) is 45.9 Å². The Labute approximate surface area is 152 Å². The average molecular weight is 368 g/mol. The van der Waals surface area contributed by atoms with Crippen molar-refractivity contribution in [3.63, 3.8) is 0 Å². The van der Waals surface area contributed by atoms with Crippen LogP contribution in [0.1, 0.15) is 39.9 Å². The first-order valence-electron chi connectivity index (χ1n) is 7.80. The van der Waals surface area contributed by atoms with Gasteiger partial charge in [-0.2, -0.15) is 0 Å². The van der Waals surface area contributed by atoms with Gasteiger partial charge in [0.15, 0.2) is 0 Å². The van der Waals surface area contributed by atoms with E-state index in [4.69, 9.17) is 10.5 Å². The highest BCUT2D eigenvalue weighted by Crippen LogP contribution is 2.41. The fourth-order valence-electron chi connectivity index (χ4n) is 2.58. The Hall–Kier alpha value is -1.63. The van der Waals surface area contributed by atoms with Gasteiger partial charge in [0.25, 0.3) is 5.91 Å². The summed E-state index contributed by atoms with van der Waals surface area (Å²) in [5, 5.41) is 5.85. The molecular formula is C17H22ClN3O2S. The summed E-state index contributed by atoms with van der Waals surface area (Å²) >= 11 is 1.49. The molecule has 3 N–H and O–H groups in total. The lowest BCUT2D eigenvalue weighted by Gasteiger charge is -2.18. The summed E-state index contributed by atoms with van der Waals surface area (Å²) in [6.45, 7) is 0.547. The summed E-state index contributed by atoms with van der Waals surface area (Å²) in [6, 6.07) is 7.93. The fraction of sp³-hybridized carbons (Fsp3) is 0.412. The van der Waals surface area contributed by atoms with Gasteiger partial charge in [0, 0.05) is 11.8 Å².